The highest BCUT2D eigenvalue weighted by atomic mass is 19.4. The maximum absolute atomic E-state index is 12.6. The Kier molecular flexibility index (Phi) is 2.76. The molecule has 0 spiro atoms. The van der Waals surface area contributed by atoms with Gasteiger partial charge in [0.25, 0.3) is 0 Å². The molecular weight excluding hydrogens is 249 g/mol. The fourth-order valence-corrected chi connectivity index (χ4v) is 2.18. The van der Waals surface area contributed by atoms with E-state index in [-0.39, 0.29) is 12.0 Å². The van der Waals surface area contributed by atoms with Crippen LogP contribution < -0.4 is 0 Å². The summed E-state index contributed by atoms with van der Waals surface area (Å²) in [7, 11) is 0. The van der Waals surface area contributed by atoms with Crippen molar-refractivity contribution in [3.63, 3.8) is 0 Å². The lowest BCUT2D eigenvalue weighted by Gasteiger charge is -2.18. The Bertz CT molecular complexity index is 490. The van der Waals surface area contributed by atoms with Gasteiger partial charge in [-0.2, -0.15) is 13.2 Å². The summed E-state index contributed by atoms with van der Waals surface area (Å²) < 4.78 is 37.9. The molecule has 18 heavy (non-hydrogen) atoms. The highest BCUT2D eigenvalue weighted by Crippen LogP contribution is 2.55. The molecule has 1 aromatic carbocycles. The van der Waals surface area contributed by atoms with Crippen LogP contribution in [0, 0.1) is 0 Å². The number of carbonyl (C=O) groups is 1. The van der Waals surface area contributed by atoms with E-state index in [4.69, 9.17) is 5.11 Å². The number of para-hydroxylation sites is 1. The largest absolute Gasteiger partial charge is 0.507 e. The SMILES string of the molecule is O=C(O)CC1(c2cccc(C(F)(F)F)c2O)CC1. The first-order chi connectivity index (χ1) is 8.26. The molecule has 0 atom stereocenters. The van der Waals surface area contributed by atoms with Crippen molar-refractivity contribution in [3.05, 3.63) is 29.3 Å². The molecule has 2 rings (SSSR count). The monoisotopic (exact) mass is 260 g/mol. The first-order valence-electron chi connectivity index (χ1n) is 5.38. The van der Waals surface area contributed by atoms with Crippen LogP contribution in [-0.2, 0) is 16.4 Å². The summed E-state index contributed by atoms with van der Waals surface area (Å²) >= 11 is 0. The van der Waals surface area contributed by atoms with Gasteiger partial charge in [0.05, 0.1) is 12.0 Å². The number of carboxylic acid groups (broad SMARTS) is 1. The standard InChI is InChI=1S/C12H11F3O3/c13-12(14,15)8-3-1-2-7(10(8)18)11(4-5-11)6-9(16)17/h1-3,18H,4-6H2,(H,16,17). The Morgan fingerprint density at radius 2 is 1.94 bits per heavy atom. The van der Waals surface area contributed by atoms with Crippen LogP contribution in [0.4, 0.5) is 13.2 Å². The molecule has 3 nitrogen and oxygen atoms in total. The van der Waals surface area contributed by atoms with Crippen molar-refractivity contribution >= 4 is 5.97 Å². The summed E-state index contributed by atoms with van der Waals surface area (Å²) in [5, 5.41) is 18.5. The van der Waals surface area contributed by atoms with E-state index in [2.05, 4.69) is 0 Å². The Hall–Kier alpha value is -1.72. The van der Waals surface area contributed by atoms with Crippen molar-refractivity contribution in [2.45, 2.75) is 30.9 Å². The zero-order valence-electron chi connectivity index (χ0n) is 9.29. The minimum Gasteiger partial charge on any atom is -0.507 e. The molecule has 6 heteroatoms. The molecule has 1 aliphatic rings. The molecule has 0 unspecified atom stereocenters. The fourth-order valence-electron chi connectivity index (χ4n) is 2.18. The van der Waals surface area contributed by atoms with E-state index < -0.39 is 28.9 Å². The Balaban J connectivity index is 2.44. The third kappa shape index (κ3) is 2.14. The van der Waals surface area contributed by atoms with Crippen LogP contribution in [0.15, 0.2) is 18.2 Å². The van der Waals surface area contributed by atoms with Crippen LogP contribution in [0.3, 0.4) is 0 Å². The number of aromatic hydroxyl groups is 1. The molecule has 1 saturated carbocycles. The second-order valence-electron chi connectivity index (χ2n) is 4.55. The topological polar surface area (TPSA) is 57.5 Å². The summed E-state index contributed by atoms with van der Waals surface area (Å²) in [4.78, 5) is 10.7. The Morgan fingerprint density at radius 1 is 1.33 bits per heavy atom. The maximum Gasteiger partial charge on any atom is 0.419 e. The van der Waals surface area contributed by atoms with Crippen molar-refractivity contribution in [2.75, 3.05) is 0 Å². The molecule has 1 aliphatic carbocycles. The van der Waals surface area contributed by atoms with Crippen LogP contribution in [0.5, 0.6) is 5.75 Å². The van der Waals surface area contributed by atoms with Crippen molar-refractivity contribution in [3.8, 4) is 5.75 Å². The van der Waals surface area contributed by atoms with Gasteiger partial charge >= 0.3 is 12.1 Å². The van der Waals surface area contributed by atoms with Gasteiger partial charge in [-0.3, -0.25) is 4.79 Å². The zero-order valence-corrected chi connectivity index (χ0v) is 9.29. The third-order valence-corrected chi connectivity index (χ3v) is 3.26. The average Bonchev–Trinajstić information content (AvgIpc) is 2.96. The molecule has 0 radical (unpaired) electrons. The van der Waals surface area contributed by atoms with Gasteiger partial charge < -0.3 is 10.2 Å². The van der Waals surface area contributed by atoms with E-state index in [0.717, 1.165) is 6.07 Å². The van der Waals surface area contributed by atoms with Crippen molar-refractivity contribution in [2.24, 2.45) is 0 Å². The molecule has 1 fully saturated rings. The van der Waals surface area contributed by atoms with E-state index in [9.17, 15) is 23.1 Å². The van der Waals surface area contributed by atoms with Crippen molar-refractivity contribution in [1.82, 2.24) is 0 Å². The first kappa shape index (κ1) is 12.7. The van der Waals surface area contributed by atoms with E-state index >= 15 is 0 Å². The molecular formula is C12H11F3O3. The number of rotatable bonds is 3. The number of carboxylic acids is 1. The van der Waals surface area contributed by atoms with Crippen molar-refractivity contribution < 1.29 is 28.2 Å². The number of benzene rings is 1. The lowest BCUT2D eigenvalue weighted by molar-refractivity contribution is -0.138. The summed E-state index contributed by atoms with van der Waals surface area (Å²) in [5.41, 5.74) is -1.87. The van der Waals surface area contributed by atoms with E-state index in [1.54, 1.807) is 0 Å². The number of phenols is 1. The third-order valence-electron chi connectivity index (χ3n) is 3.26. The lowest BCUT2D eigenvalue weighted by Crippen LogP contribution is -2.15. The zero-order chi connectivity index (χ0) is 13.6. The quantitative estimate of drug-likeness (QED) is 0.878. The van der Waals surface area contributed by atoms with Gasteiger partial charge in [-0.15, -0.1) is 0 Å². The van der Waals surface area contributed by atoms with Crippen LogP contribution in [-0.4, -0.2) is 16.2 Å². The van der Waals surface area contributed by atoms with Crippen LogP contribution in [0.1, 0.15) is 30.4 Å². The molecule has 0 bridgehead atoms. The molecule has 98 valence electrons. The molecule has 2 N–H and O–H groups in total. The van der Waals surface area contributed by atoms with E-state index in [0.29, 0.717) is 12.8 Å². The molecule has 0 saturated heterocycles. The molecule has 0 heterocycles. The normalized spacial score (nSPS) is 17.5. The number of halogens is 3. The fraction of sp³-hybridized carbons (Fsp3) is 0.417. The lowest BCUT2D eigenvalue weighted by atomic mass is 9.90. The highest BCUT2D eigenvalue weighted by Gasteiger charge is 2.49. The predicted octanol–water partition coefficient (Wildman–Crippen LogP) is 2.92. The summed E-state index contributed by atoms with van der Waals surface area (Å²) in [6.07, 6.45) is -3.94. The molecule has 0 amide bonds. The van der Waals surface area contributed by atoms with Gasteiger partial charge in [-0.05, 0) is 18.9 Å². The van der Waals surface area contributed by atoms with E-state index in [1.807, 2.05) is 0 Å². The average molecular weight is 260 g/mol. The van der Waals surface area contributed by atoms with Crippen LogP contribution >= 0.6 is 0 Å². The smallest absolute Gasteiger partial charge is 0.419 e. The summed E-state index contributed by atoms with van der Waals surface area (Å²) in [6, 6.07) is 3.34. The van der Waals surface area contributed by atoms with E-state index in [1.165, 1.54) is 12.1 Å². The van der Waals surface area contributed by atoms with Gasteiger partial charge in [-0.25, -0.2) is 0 Å². The van der Waals surface area contributed by atoms with Gasteiger partial charge in [-0.1, -0.05) is 12.1 Å². The van der Waals surface area contributed by atoms with Gasteiger partial charge in [0.2, 0.25) is 0 Å². The first-order valence-corrected chi connectivity index (χ1v) is 5.38. The second kappa shape index (κ2) is 3.90. The highest BCUT2D eigenvalue weighted by molar-refractivity contribution is 5.70. The number of hydrogen-bond donors (Lipinski definition) is 2. The second-order valence-corrected chi connectivity index (χ2v) is 4.55. The summed E-state index contributed by atoms with van der Waals surface area (Å²) in [5.74, 6) is -1.92. The Labute approximate surface area is 101 Å². The molecule has 1 aromatic rings. The van der Waals surface area contributed by atoms with Crippen LogP contribution in [0.25, 0.3) is 0 Å². The minimum absolute atomic E-state index is 0.0831. The number of alkyl halides is 3. The number of aliphatic carboxylic acids is 1. The molecule has 0 aliphatic heterocycles. The number of phenolic OH excluding ortho intramolecular Hbond substituents is 1. The minimum atomic E-state index is -4.64. The maximum atomic E-state index is 12.6. The molecule has 0 aromatic heterocycles. The summed E-state index contributed by atoms with van der Waals surface area (Å²) in [6.45, 7) is 0. The number of hydrogen-bond acceptors (Lipinski definition) is 2. The van der Waals surface area contributed by atoms with Gasteiger partial charge in [0.1, 0.15) is 5.75 Å². The predicted molar refractivity (Wildman–Crippen MR) is 56.3 cm³/mol. The van der Waals surface area contributed by atoms with Crippen LogP contribution in [0.2, 0.25) is 0 Å². The Morgan fingerprint density at radius 3 is 2.39 bits per heavy atom. The van der Waals surface area contributed by atoms with Gasteiger partial charge in [0.15, 0.2) is 0 Å². The van der Waals surface area contributed by atoms with Crippen molar-refractivity contribution in [1.29, 1.82) is 0 Å². The van der Waals surface area contributed by atoms with Gasteiger partial charge in [0, 0.05) is 11.0 Å².